The lowest BCUT2D eigenvalue weighted by Crippen LogP contribution is -2.40. The van der Waals surface area contributed by atoms with Gasteiger partial charge in [0, 0.05) is 11.9 Å². The maximum atomic E-state index is 12.1. The molecule has 0 aliphatic carbocycles. The van der Waals surface area contributed by atoms with E-state index in [1.165, 1.54) is 6.26 Å². The predicted octanol–water partition coefficient (Wildman–Crippen LogP) is 2.27. The third kappa shape index (κ3) is 5.94. The molecule has 7 heteroatoms. The van der Waals surface area contributed by atoms with E-state index in [1.807, 2.05) is 13.8 Å². The van der Waals surface area contributed by atoms with Crippen molar-refractivity contribution in [3.8, 4) is 0 Å². The SMILES string of the molecule is CCC(C)C(N)C(=O)Nc1cccc(CS(C)(=O)=O)c1C.Cl. The summed E-state index contributed by atoms with van der Waals surface area (Å²) in [4.78, 5) is 12.1. The molecule has 2 atom stereocenters. The minimum atomic E-state index is -3.12. The molecule has 0 aliphatic rings. The summed E-state index contributed by atoms with van der Waals surface area (Å²) in [6.07, 6.45) is 2.01. The normalized spacial score (nSPS) is 13.9. The zero-order valence-electron chi connectivity index (χ0n) is 13.4. The second-order valence-electron chi connectivity index (χ2n) is 5.56. The van der Waals surface area contributed by atoms with Crippen LogP contribution in [0.3, 0.4) is 0 Å². The quantitative estimate of drug-likeness (QED) is 0.825. The molecular weight excluding hydrogens is 324 g/mol. The van der Waals surface area contributed by atoms with Crippen LogP contribution in [-0.2, 0) is 20.4 Å². The molecule has 3 N–H and O–H groups in total. The number of anilines is 1. The Balaban J connectivity index is 0.00000441. The second-order valence-corrected chi connectivity index (χ2v) is 7.70. The van der Waals surface area contributed by atoms with Crippen LogP contribution in [0.2, 0.25) is 0 Å². The third-order valence-electron chi connectivity index (χ3n) is 3.68. The minimum Gasteiger partial charge on any atom is -0.324 e. The Morgan fingerprint density at radius 1 is 1.36 bits per heavy atom. The number of hydrogen-bond donors (Lipinski definition) is 2. The standard InChI is InChI=1S/C15H24N2O3S.ClH/c1-5-10(2)14(16)15(18)17-13-8-6-7-12(11(13)3)9-21(4,19)20;/h6-8,10,14H,5,9,16H2,1-4H3,(H,17,18);1H. The zero-order valence-corrected chi connectivity index (χ0v) is 15.1. The highest BCUT2D eigenvalue weighted by molar-refractivity contribution is 7.89. The molecule has 22 heavy (non-hydrogen) atoms. The predicted molar refractivity (Wildman–Crippen MR) is 93.0 cm³/mol. The topological polar surface area (TPSA) is 89.3 Å². The van der Waals surface area contributed by atoms with Gasteiger partial charge in [0.15, 0.2) is 9.84 Å². The van der Waals surface area contributed by atoms with Gasteiger partial charge in [-0.15, -0.1) is 12.4 Å². The van der Waals surface area contributed by atoms with E-state index in [0.29, 0.717) is 11.3 Å². The Hall–Kier alpha value is -1.11. The molecule has 0 saturated carbocycles. The molecule has 0 heterocycles. The second kappa shape index (κ2) is 8.50. The highest BCUT2D eigenvalue weighted by atomic mass is 35.5. The number of amides is 1. The third-order valence-corrected chi connectivity index (χ3v) is 4.52. The van der Waals surface area contributed by atoms with Gasteiger partial charge >= 0.3 is 0 Å². The first-order valence-corrected chi connectivity index (χ1v) is 9.04. The van der Waals surface area contributed by atoms with E-state index in [-0.39, 0.29) is 30.0 Å². The van der Waals surface area contributed by atoms with E-state index in [4.69, 9.17) is 5.73 Å². The van der Waals surface area contributed by atoms with Gasteiger partial charge in [0.25, 0.3) is 0 Å². The maximum absolute atomic E-state index is 12.1. The van der Waals surface area contributed by atoms with Crippen molar-refractivity contribution in [3.05, 3.63) is 29.3 Å². The summed E-state index contributed by atoms with van der Waals surface area (Å²) < 4.78 is 22.8. The summed E-state index contributed by atoms with van der Waals surface area (Å²) in [6, 6.07) is 4.66. The number of hydrogen-bond acceptors (Lipinski definition) is 4. The van der Waals surface area contributed by atoms with Crippen molar-refractivity contribution >= 4 is 33.8 Å². The van der Waals surface area contributed by atoms with E-state index in [2.05, 4.69) is 5.32 Å². The Morgan fingerprint density at radius 2 is 1.95 bits per heavy atom. The van der Waals surface area contributed by atoms with Gasteiger partial charge in [0.1, 0.15) is 0 Å². The van der Waals surface area contributed by atoms with Crippen LogP contribution in [0, 0.1) is 12.8 Å². The smallest absolute Gasteiger partial charge is 0.241 e. The molecular formula is C15H25ClN2O3S. The molecule has 126 valence electrons. The summed E-state index contributed by atoms with van der Waals surface area (Å²) in [5.41, 5.74) is 7.96. The summed E-state index contributed by atoms with van der Waals surface area (Å²) in [5.74, 6) is -0.201. The fourth-order valence-corrected chi connectivity index (χ4v) is 2.86. The summed E-state index contributed by atoms with van der Waals surface area (Å²) in [7, 11) is -3.12. The average molecular weight is 349 g/mol. The molecule has 0 fully saturated rings. The van der Waals surface area contributed by atoms with Crippen molar-refractivity contribution in [1.82, 2.24) is 0 Å². The van der Waals surface area contributed by atoms with Crippen molar-refractivity contribution in [1.29, 1.82) is 0 Å². The van der Waals surface area contributed by atoms with Gasteiger partial charge in [0.2, 0.25) is 5.91 Å². The number of sulfone groups is 1. The number of benzene rings is 1. The van der Waals surface area contributed by atoms with Crippen LogP contribution in [0.4, 0.5) is 5.69 Å². The Kier molecular flexibility index (Phi) is 8.07. The lowest BCUT2D eigenvalue weighted by atomic mass is 9.99. The van der Waals surface area contributed by atoms with E-state index in [9.17, 15) is 13.2 Å². The molecule has 0 aromatic heterocycles. The lowest BCUT2D eigenvalue weighted by Gasteiger charge is -2.19. The molecule has 2 unspecified atom stereocenters. The fourth-order valence-electron chi connectivity index (χ4n) is 1.99. The van der Waals surface area contributed by atoms with Crippen molar-refractivity contribution in [3.63, 3.8) is 0 Å². The van der Waals surface area contributed by atoms with Gasteiger partial charge < -0.3 is 11.1 Å². The largest absolute Gasteiger partial charge is 0.324 e. The fraction of sp³-hybridized carbons (Fsp3) is 0.533. The van der Waals surface area contributed by atoms with Crippen LogP contribution < -0.4 is 11.1 Å². The molecule has 0 radical (unpaired) electrons. The van der Waals surface area contributed by atoms with Gasteiger partial charge in [0.05, 0.1) is 11.8 Å². The number of halogens is 1. The van der Waals surface area contributed by atoms with E-state index in [0.717, 1.165) is 12.0 Å². The van der Waals surface area contributed by atoms with Crippen LogP contribution in [0.25, 0.3) is 0 Å². The molecule has 1 amide bonds. The molecule has 0 aliphatic heterocycles. The summed E-state index contributed by atoms with van der Waals surface area (Å²) in [5, 5.41) is 2.79. The highest BCUT2D eigenvalue weighted by Crippen LogP contribution is 2.21. The number of nitrogens with two attached hydrogens (primary N) is 1. The first-order chi connectivity index (χ1) is 9.65. The Morgan fingerprint density at radius 3 is 2.45 bits per heavy atom. The van der Waals surface area contributed by atoms with E-state index >= 15 is 0 Å². The molecule has 0 spiro atoms. The monoisotopic (exact) mass is 348 g/mol. The number of carbonyl (C=O) groups excluding carboxylic acids is 1. The van der Waals surface area contributed by atoms with Crippen molar-refractivity contribution in [2.75, 3.05) is 11.6 Å². The van der Waals surface area contributed by atoms with Gasteiger partial charge in [-0.3, -0.25) is 4.79 Å². The lowest BCUT2D eigenvalue weighted by molar-refractivity contribution is -0.118. The molecule has 5 nitrogen and oxygen atoms in total. The molecule has 1 rings (SSSR count). The van der Waals surface area contributed by atoms with Crippen LogP contribution >= 0.6 is 12.4 Å². The van der Waals surface area contributed by atoms with Crippen LogP contribution in [0.5, 0.6) is 0 Å². The summed E-state index contributed by atoms with van der Waals surface area (Å²) >= 11 is 0. The number of nitrogens with one attached hydrogen (secondary N) is 1. The van der Waals surface area contributed by atoms with E-state index < -0.39 is 15.9 Å². The summed E-state index contributed by atoms with van der Waals surface area (Å²) in [6.45, 7) is 5.71. The minimum absolute atomic E-state index is 0. The first kappa shape index (κ1) is 20.9. The zero-order chi connectivity index (χ0) is 16.2. The van der Waals surface area contributed by atoms with Crippen LogP contribution in [0.1, 0.15) is 31.4 Å². The van der Waals surface area contributed by atoms with E-state index in [1.54, 1.807) is 25.1 Å². The van der Waals surface area contributed by atoms with Gasteiger partial charge in [-0.25, -0.2) is 8.42 Å². The maximum Gasteiger partial charge on any atom is 0.241 e. The van der Waals surface area contributed by atoms with Gasteiger partial charge in [-0.1, -0.05) is 32.4 Å². The van der Waals surface area contributed by atoms with Crippen molar-refractivity contribution in [2.45, 2.75) is 39.0 Å². The van der Waals surface area contributed by atoms with Crippen LogP contribution in [-0.4, -0.2) is 26.6 Å². The van der Waals surface area contributed by atoms with Gasteiger partial charge in [-0.05, 0) is 30.0 Å². The molecule has 1 aromatic carbocycles. The molecule has 1 aromatic rings. The van der Waals surface area contributed by atoms with Gasteiger partial charge in [-0.2, -0.15) is 0 Å². The average Bonchev–Trinajstić information content (AvgIpc) is 2.40. The van der Waals surface area contributed by atoms with Crippen molar-refractivity contribution < 1.29 is 13.2 Å². The number of carbonyl (C=O) groups is 1. The molecule has 0 bridgehead atoms. The molecule has 0 saturated heterocycles. The first-order valence-electron chi connectivity index (χ1n) is 6.98. The van der Waals surface area contributed by atoms with Crippen molar-refractivity contribution in [2.24, 2.45) is 11.7 Å². The highest BCUT2D eigenvalue weighted by Gasteiger charge is 2.20. The Bertz CT molecular complexity index is 617. The van der Waals surface area contributed by atoms with Crippen LogP contribution in [0.15, 0.2) is 18.2 Å². The Labute approximate surface area is 139 Å². The number of rotatable bonds is 6.